The van der Waals surface area contributed by atoms with Gasteiger partial charge in [-0.05, 0) is 56.2 Å². The van der Waals surface area contributed by atoms with Crippen LogP contribution in [0.25, 0.3) is 0 Å². The zero-order valence-corrected chi connectivity index (χ0v) is 16.4. The Balaban J connectivity index is 1.37. The molecule has 3 aliphatic rings. The molecule has 1 aliphatic heterocycles. The number of nitrogens with one attached hydrogen (secondary N) is 1. The highest BCUT2D eigenvalue weighted by Gasteiger charge is 2.36. The van der Waals surface area contributed by atoms with Crippen molar-refractivity contribution in [1.82, 2.24) is 19.5 Å². The summed E-state index contributed by atoms with van der Waals surface area (Å²) in [5.74, 6) is 2.29. The maximum Gasteiger partial charge on any atom is 0.241 e. The monoisotopic (exact) mass is 387 g/mol. The average Bonchev–Trinajstić information content (AvgIpc) is 3.59. The van der Waals surface area contributed by atoms with Gasteiger partial charge in [0.1, 0.15) is 11.6 Å². The van der Waals surface area contributed by atoms with Crippen LogP contribution in [-0.4, -0.2) is 36.8 Å². The lowest BCUT2D eigenvalue weighted by Crippen LogP contribution is -2.27. The number of anilines is 1. The molecule has 2 saturated carbocycles. The number of rotatable bonds is 6. The fraction of sp³-hybridized carbons (Fsp3) is 0.579. The SMILES string of the molecule is CN1CCCc2ccc(S(=O)(=O)NCc3nnc(C4CC4)n3C3CC3)cc21. The van der Waals surface area contributed by atoms with Gasteiger partial charge in [0.05, 0.1) is 11.4 Å². The summed E-state index contributed by atoms with van der Waals surface area (Å²) in [5.41, 5.74) is 2.23. The van der Waals surface area contributed by atoms with E-state index in [1.807, 2.05) is 13.1 Å². The molecule has 1 aromatic carbocycles. The first-order valence-corrected chi connectivity index (χ1v) is 11.3. The number of hydrogen-bond donors (Lipinski definition) is 1. The fourth-order valence-corrected chi connectivity index (χ4v) is 4.96. The smallest absolute Gasteiger partial charge is 0.241 e. The first-order valence-electron chi connectivity index (χ1n) is 9.80. The summed E-state index contributed by atoms with van der Waals surface area (Å²) in [6.45, 7) is 1.14. The largest absolute Gasteiger partial charge is 0.374 e. The Morgan fingerprint density at radius 2 is 2.00 bits per heavy atom. The van der Waals surface area contributed by atoms with Gasteiger partial charge >= 0.3 is 0 Å². The molecule has 7 nitrogen and oxygen atoms in total. The van der Waals surface area contributed by atoms with Crippen LogP contribution >= 0.6 is 0 Å². The zero-order chi connectivity index (χ0) is 18.6. The molecule has 8 heteroatoms. The van der Waals surface area contributed by atoms with Gasteiger partial charge in [0.15, 0.2) is 0 Å². The molecule has 144 valence electrons. The van der Waals surface area contributed by atoms with Crippen LogP contribution in [0.3, 0.4) is 0 Å². The molecule has 0 atom stereocenters. The predicted octanol–water partition coefficient (Wildman–Crippen LogP) is 2.35. The summed E-state index contributed by atoms with van der Waals surface area (Å²) in [7, 11) is -1.58. The summed E-state index contributed by atoms with van der Waals surface area (Å²) in [5, 5.41) is 8.65. The molecule has 2 fully saturated rings. The number of aromatic nitrogens is 3. The predicted molar refractivity (Wildman–Crippen MR) is 102 cm³/mol. The Morgan fingerprint density at radius 1 is 1.19 bits per heavy atom. The molecule has 0 radical (unpaired) electrons. The summed E-state index contributed by atoms with van der Waals surface area (Å²) < 4.78 is 30.6. The van der Waals surface area contributed by atoms with Gasteiger partial charge < -0.3 is 9.47 Å². The van der Waals surface area contributed by atoms with Crippen LogP contribution in [0.1, 0.15) is 61.3 Å². The van der Waals surface area contributed by atoms with E-state index in [4.69, 9.17) is 0 Å². The first-order chi connectivity index (χ1) is 13.0. The van der Waals surface area contributed by atoms with E-state index in [1.165, 1.54) is 18.4 Å². The minimum Gasteiger partial charge on any atom is -0.374 e. The number of benzene rings is 1. The molecule has 1 N–H and O–H groups in total. The minimum absolute atomic E-state index is 0.186. The van der Waals surface area contributed by atoms with E-state index in [2.05, 4.69) is 24.4 Å². The third-order valence-corrected chi connectivity index (χ3v) is 7.18. The summed E-state index contributed by atoms with van der Waals surface area (Å²) in [4.78, 5) is 2.44. The van der Waals surface area contributed by atoms with Crippen LogP contribution < -0.4 is 9.62 Å². The van der Waals surface area contributed by atoms with Crippen molar-refractivity contribution < 1.29 is 8.42 Å². The Morgan fingerprint density at radius 3 is 2.74 bits per heavy atom. The van der Waals surface area contributed by atoms with E-state index in [1.54, 1.807) is 12.1 Å². The van der Waals surface area contributed by atoms with Crippen molar-refractivity contribution in [2.45, 2.75) is 61.9 Å². The third kappa shape index (κ3) is 3.25. The van der Waals surface area contributed by atoms with Crippen molar-refractivity contribution in [1.29, 1.82) is 0 Å². The molecular weight excluding hydrogens is 362 g/mol. The molecule has 27 heavy (non-hydrogen) atoms. The lowest BCUT2D eigenvalue weighted by molar-refractivity contribution is 0.572. The lowest BCUT2D eigenvalue weighted by Gasteiger charge is -2.27. The molecule has 0 amide bonds. The Kier molecular flexibility index (Phi) is 4.01. The van der Waals surface area contributed by atoms with Crippen molar-refractivity contribution >= 4 is 15.7 Å². The van der Waals surface area contributed by atoms with E-state index in [0.717, 1.165) is 49.6 Å². The molecule has 0 spiro atoms. The third-order valence-electron chi connectivity index (χ3n) is 5.79. The Labute approximate surface area is 159 Å². The number of fused-ring (bicyclic) bond motifs is 1. The summed E-state index contributed by atoms with van der Waals surface area (Å²) in [6, 6.07) is 5.89. The topological polar surface area (TPSA) is 80.1 Å². The van der Waals surface area contributed by atoms with Crippen molar-refractivity contribution in [2.75, 3.05) is 18.5 Å². The van der Waals surface area contributed by atoms with Crippen LogP contribution in [0.5, 0.6) is 0 Å². The van der Waals surface area contributed by atoms with E-state index in [0.29, 0.717) is 16.9 Å². The van der Waals surface area contributed by atoms with Crippen LogP contribution in [0.4, 0.5) is 5.69 Å². The van der Waals surface area contributed by atoms with Crippen LogP contribution in [0.2, 0.25) is 0 Å². The number of hydrogen-bond acceptors (Lipinski definition) is 5. The fourth-order valence-electron chi connectivity index (χ4n) is 3.96. The van der Waals surface area contributed by atoms with Gasteiger partial charge in [-0.15, -0.1) is 10.2 Å². The normalized spacial score (nSPS) is 20.0. The molecular formula is C19H25N5O2S. The highest BCUT2D eigenvalue weighted by Crippen LogP contribution is 2.44. The average molecular weight is 388 g/mol. The zero-order valence-electron chi connectivity index (χ0n) is 15.6. The lowest BCUT2D eigenvalue weighted by atomic mass is 10.0. The number of sulfonamides is 1. The van der Waals surface area contributed by atoms with E-state index in [9.17, 15) is 8.42 Å². The van der Waals surface area contributed by atoms with Crippen LogP contribution in [0.15, 0.2) is 23.1 Å². The minimum atomic E-state index is -3.59. The second-order valence-corrected chi connectivity index (χ2v) is 9.76. The Bertz CT molecular complexity index is 976. The van der Waals surface area contributed by atoms with Gasteiger partial charge in [0, 0.05) is 31.2 Å². The first kappa shape index (κ1) is 17.2. The molecule has 5 rings (SSSR count). The highest BCUT2D eigenvalue weighted by atomic mass is 32.2. The van der Waals surface area contributed by atoms with Gasteiger partial charge in [-0.25, -0.2) is 13.1 Å². The van der Waals surface area contributed by atoms with Crippen molar-refractivity contribution in [2.24, 2.45) is 0 Å². The molecule has 0 saturated heterocycles. The highest BCUT2D eigenvalue weighted by molar-refractivity contribution is 7.89. The number of aryl methyl sites for hydroxylation is 1. The standard InChI is InChI=1S/C19H25N5O2S/c1-23-10-2-3-13-6-9-16(11-17(13)23)27(25,26)20-12-18-21-22-19(14-4-5-14)24(18)15-7-8-15/h6,9,11,14-15,20H,2-5,7-8,10,12H2,1H3. The molecule has 2 heterocycles. The van der Waals surface area contributed by atoms with Gasteiger partial charge in [-0.2, -0.15) is 0 Å². The summed E-state index contributed by atoms with van der Waals surface area (Å²) in [6.07, 6.45) is 6.71. The number of nitrogens with zero attached hydrogens (tertiary/aromatic N) is 4. The van der Waals surface area contributed by atoms with Crippen LogP contribution in [-0.2, 0) is 23.0 Å². The van der Waals surface area contributed by atoms with Gasteiger partial charge in [-0.1, -0.05) is 6.07 Å². The Hall–Kier alpha value is -1.93. The van der Waals surface area contributed by atoms with Crippen molar-refractivity contribution in [3.8, 4) is 0 Å². The molecule has 0 unspecified atom stereocenters. The molecule has 1 aromatic heterocycles. The van der Waals surface area contributed by atoms with Crippen LogP contribution in [0, 0.1) is 0 Å². The molecule has 2 aromatic rings. The maximum atomic E-state index is 12.9. The quantitative estimate of drug-likeness (QED) is 0.823. The van der Waals surface area contributed by atoms with Gasteiger partial charge in [0.2, 0.25) is 10.0 Å². The van der Waals surface area contributed by atoms with Gasteiger partial charge in [0.25, 0.3) is 0 Å². The second-order valence-electron chi connectivity index (χ2n) is 7.99. The molecule has 0 bridgehead atoms. The maximum absolute atomic E-state index is 12.9. The van der Waals surface area contributed by atoms with Crippen molar-refractivity contribution in [3.63, 3.8) is 0 Å². The van der Waals surface area contributed by atoms with E-state index < -0.39 is 10.0 Å². The molecule has 2 aliphatic carbocycles. The van der Waals surface area contributed by atoms with E-state index in [-0.39, 0.29) is 6.54 Å². The summed E-state index contributed by atoms with van der Waals surface area (Å²) >= 11 is 0. The van der Waals surface area contributed by atoms with Gasteiger partial charge in [-0.3, -0.25) is 0 Å². The van der Waals surface area contributed by atoms with Crippen molar-refractivity contribution in [3.05, 3.63) is 35.4 Å². The second kappa shape index (κ2) is 6.31. The van der Waals surface area contributed by atoms with E-state index >= 15 is 0 Å².